The summed E-state index contributed by atoms with van der Waals surface area (Å²) < 4.78 is 42.2. The van der Waals surface area contributed by atoms with Gasteiger partial charge in [0.25, 0.3) is 0 Å². The van der Waals surface area contributed by atoms with Crippen molar-refractivity contribution in [2.75, 3.05) is 0 Å². The average molecular weight is 401 g/mol. The average Bonchev–Trinajstić information content (AvgIpc) is 2.71. The van der Waals surface area contributed by atoms with Gasteiger partial charge < -0.3 is 0 Å². The van der Waals surface area contributed by atoms with Gasteiger partial charge in [-0.2, -0.15) is 18.2 Å². The molecule has 0 aromatic heterocycles. The monoisotopic (exact) mass is 400 g/mol. The van der Waals surface area contributed by atoms with E-state index in [-0.39, 0.29) is 12.0 Å². The van der Waals surface area contributed by atoms with E-state index in [0.29, 0.717) is 5.39 Å². The summed E-state index contributed by atoms with van der Waals surface area (Å²) in [5.74, 6) is -0.406. The molecule has 7 heteroatoms. The smallest absolute Gasteiger partial charge is 0.287 e. The first-order valence-corrected chi connectivity index (χ1v) is 8.22. The van der Waals surface area contributed by atoms with E-state index in [4.69, 9.17) is 0 Å². The largest absolute Gasteiger partial charge is 0.409 e. The van der Waals surface area contributed by atoms with Crippen LogP contribution in [0, 0.1) is 0 Å². The first-order valence-electron chi connectivity index (χ1n) is 7.43. The Balaban J connectivity index is 2.14. The summed E-state index contributed by atoms with van der Waals surface area (Å²) in [5.41, 5.74) is 1.54. The Morgan fingerprint density at radius 1 is 1.25 bits per heavy atom. The topological polar surface area (TPSA) is 32.3 Å². The summed E-state index contributed by atoms with van der Waals surface area (Å²) in [5, 5.41) is 2.57. The number of halogens is 4. The van der Waals surface area contributed by atoms with E-state index >= 15 is 0 Å². The maximum Gasteiger partial charge on any atom is 0.409 e. The lowest BCUT2D eigenvalue weighted by Crippen LogP contribution is -2.51. The zero-order valence-electron chi connectivity index (χ0n) is 13.1. The Hall–Kier alpha value is -1.60. The molecule has 3 rings (SSSR count). The molecule has 0 saturated carbocycles. The SMILES string of the molecule is CC1(C)CC(=O)NN1C(c1ccc2cccc(Br)c2c1)C(F)(F)F. The number of alkyl halides is 3. The fraction of sp³-hybridized carbons (Fsp3) is 0.353. The van der Waals surface area contributed by atoms with Crippen LogP contribution in [0.4, 0.5) is 13.2 Å². The molecule has 1 atom stereocenters. The number of hydrogen-bond acceptors (Lipinski definition) is 2. The normalized spacial score (nSPS) is 19.5. The maximum absolute atomic E-state index is 13.8. The number of amides is 1. The second-order valence-corrected chi connectivity index (χ2v) is 7.41. The molecule has 1 aliphatic rings. The minimum atomic E-state index is -4.52. The fourth-order valence-corrected chi connectivity index (χ4v) is 3.62. The van der Waals surface area contributed by atoms with Crippen molar-refractivity contribution in [1.29, 1.82) is 0 Å². The summed E-state index contributed by atoms with van der Waals surface area (Å²) >= 11 is 3.38. The molecule has 1 unspecified atom stereocenters. The molecule has 0 spiro atoms. The van der Waals surface area contributed by atoms with Crippen molar-refractivity contribution in [2.45, 2.75) is 38.0 Å². The zero-order valence-corrected chi connectivity index (χ0v) is 14.7. The Morgan fingerprint density at radius 3 is 2.54 bits per heavy atom. The van der Waals surface area contributed by atoms with Crippen molar-refractivity contribution in [1.82, 2.24) is 10.4 Å². The van der Waals surface area contributed by atoms with Crippen LogP contribution < -0.4 is 5.43 Å². The van der Waals surface area contributed by atoms with Gasteiger partial charge in [0.15, 0.2) is 6.04 Å². The zero-order chi connectivity index (χ0) is 17.7. The summed E-state index contributed by atoms with van der Waals surface area (Å²) in [6, 6.07) is 8.21. The highest BCUT2D eigenvalue weighted by Crippen LogP contribution is 2.43. The van der Waals surface area contributed by atoms with Crippen LogP contribution >= 0.6 is 15.9 Å². The molecule has 1 saturated heterocycles. The van der Waals surface area contributed by atoms with Crippen LogP contribution in [-0.4, -0.2) is 22.6 Å². The van der Waals surface area contributed by atoms with Gasteiger partial charge in [-0.15, -0.1) is 0 Å². The number of carbonyl (C=O) groups is 1. The third kappa shape index (κ3) is 3.02. The van der Waals surface area contributed by atoms with Crippen molar-refractivity contribution in [3.05, 3.63) is 46.4 Å². The van der Waals surface area contributed by atoms with E-state index < -0.39 is 23.7 Å². The van der Waals surface area contributed by atoms with E-state index in [0.717, 1.165) is 14.9 Å². The highest BCUT2D eigenvalue weighted by molar-refractivity contribution is 9.10. The number of hydrazine groups is 1. The number of hydrogen-bond donors (Lipinski definition) is 1. The molecule has 1 heterocycles. The maximum atomic E-state index is 13.8. The minimum absolute atomic E-state index is 0.0247. The molecule has 128 valence electrons. The predicted molar refractivity (Wildman–Crippen MR) is 89.1 cm³/mol. The van der Waals surface area contributed by atoms with Crippen molar-refractivity contribution in [3.8, 4) is 0 Å². The Labute approximate surface area is 145 Å². The van der Waals surface area contributed by atoms with E-state index in [1.807, 2.05) is 12.1 Å². The standard InChI is InChI=1S/C17H16BrF3N2O/c1-16(2)9-14(24)22-23(16)15(17(19,20)21)11-7-6-10-4-3-5-13(18)12(10)8-11/h3-8,15H,9H2,1-2H3,(H,22,24). The summed E-state index contributed by atoms with van der Waals surface area (Å²) in [6.45, 7) is 3.25. The second kappa shape index (κ2) is 5.74. The summed E-state index contributed by atoms with van der Waals surface area (Å²) in [7, 11) is 0. The number of rotatable bonds is 2. The van der Waals surface area contributed by atoms with Gasteiger partial charge in [0.1, 0.15) is 0 Å². The third-order valence-corrected chi connectivity index (χ3v) is 4.92. The second-order valence-electron chi connectivity index (χ2n) is 6.56. The minimum Gasteiger partial charge on any atom is -0.287 e. The molecule has 1 aliphatic heterocycles. The van der Waals surface area contributed by atoms with Crippen LogP contribution in [0.1, 0.15) is 31.9 Å². The van der Waals surface area contributed by atoms with Crippen LogP contribution in [0.3, 0.4) is 0 Å². The number of fused-ring (bicyclic) bond motifs is 1. The summed E-state index contributed by atoms with van der Waals surface area (Å²) in [4.78, 5) is 11.7. The molecule has 2 aromatic carbocycles. The molecule has 0 aliphatic carbocycles. The van der Waals surface area contributed by atoms with Gasteiger partial charge in [-0.05, 0) is 42.3 Å². The van der Waals surface area contributed by atoms with Gasteiger partial charge in [-0.1, -0.05) is 40.2 Å². The molecule has 2 aromatic rings. The first kappa shape index (κ1) is 17.2. The molecule has 3 nitrogen and oxygen atoms in total. The molecule has 1 N–H and O–H groups in total. The van der Waals surface area contributed by atoms with Crippen LogP contribution in [0.25, 0.3) is 10.8 Å². The quantitative estimate of drug-likeness (QED) is 0.790. The van der Waals surface area contributed by atoms with Crippen molar-refractivity contribution >= 4 is 32.6 Å². The molecular formula is C17H16BrF3N2O. The first-order chi connectivity index (χ1) is 11.1. The van der Waals surface area contributed by atoms with Gasteiger partial charge in [-0.3, -0.25) is 10.2 Å². The van der Waals surface area contributed by atoms with E-state index in [2.05, 4.69) is 21.4 Å². The van der Waals surface area contributed by atoms with Crippen LogP contribution in [0.15, 0.2) is 40.9 Å². The lowest BCUT2D eigenvalue weighted by Gasteiger charge is -2.38. The molecule has 1 amide bonds. The highest BCUT2D eigenvalue weighted by atomic mass is 79.9. The van der Waals surface area contributed by atoms with Crippen molar-refractivity contribution in [3.63, 3.8) is 0 Å². The number of benzene rings is 2. The number of nitrogens with one attached hydrogen (secondary N) is 1. The Morgan fingerprint density at radius 2 is 1.96 bits per heavy atom. The highest BCUT2D eigenvalue weighted by Gasteiger charge is 2.52. The molecule has 0 radical (unpaired) electrons. The predicted octanol–water partition coefficient (Wildman–Crippen LogP) is 4.72. The number of nitrogens with zero attached hydrogens (tertiary/aromatic N) is 1. The van der Waals surface area contributed by atoms with Crippen LogP contribution in [0.2, 0.25) is 0 Å². The van der Waals surface area contributed by atoms with Crippen LogP contribution in [-0.2, 0) is 4.79 Å². The lowest BCUT2D eigenvalue weighted by atomic mass is 9.95. The molecule has 24 heavy (non-hydrogen) atoms. The fourth-order valence-electron chi connectivity index (χ4n) is 3.12. The van der Waals surface area contributed by atoms with E-state index in [9.17, 15) is 18.0 Å². The van der Waals surface area contributed by atoms with Gasteiger partial charge >= 0.3 is 6.18 Å². The van der Waals surface area contributed by atoms with Crippen LogP contribution in [0.5, 0.6) is 0 Å². The van der Waals surface area contributed by atoms with E-state index in [1.165, 1.54) is 12.1 Å². The van der Waals surface area contributed by atoms with Gasteiger partial charge in [0, 0.05) is 16.4 Å². The third-order valence-electron chi connectivity index (χ3n) is 4.23. The summed E-state index contributed by atoms with van der Waals surface area (Å²) in [6.07, 6.45) is -4.50. The molecule has 0 bridgehead atoms. The lowest BCUT2D eigenvalue weighted by molar-refractivity contribution is -0.203. The van der Waals surface area contributed by atoms with Gasteiger partial charge in [0.05, 0.1) is 0 Å². The van der Waals surface area contributed by atoms with Crippen molar-refractivity contribution in [2.24, 2.45) is 0 Å². The number of carbonyl (C=O) groups excluding carboxylic acids is 1. The van der Waals surface area contributed by atoms with Gasteiger partial charge in [-0.25, -0.2) is 0 Å². The van der Waals surface area contributed by atoms with Gasteiger partial charge in [0.2, 0.25) is 5.91 Å². The molecule has 1 fully saturated rings. The van der Waals surface area contributed by atoms with Crippen molar-refractivity contribution < 1.29 is 18.0 Å². The van der Waals surface area contributed by atoms with E-state index in [1.54, 1.807) is 26.0 Å². The molecular weight excluding hydrogens is 385 g/mol. The Bertz CT molecular complexity index is 804. The Kier molecular flexibility index (Phi) is 4.12.